The highest BCUT2D eigenvalue weighted by Gasteiger charge is 2.47. The molecule has 1 amide bonds. The number of aromatic nitrogens is 2. The van der Waals surface area contributed by atoms with E-state index in [1.165, 1.54) is 13.3 Å². The molecule has 1 saturated heterocycles. The Morgan fingerprint density at radius 2 is 2.11 bits per heavy atom. The Morgan fingerprint density at radius 1 is 1.36 bits per heavy atom. The monoisotopic (exact) mass is 390 g/mol. The first-order chi connectivity index (χ1) is 13.4. The normalized spacial score (nSPS) is 23.9. The van der Waals surface area contributed by atoms with Crippen LogP contribution < -0.4 is 15.0 Å². The Balaban J connectivity index is 1.56. The van der Waals surface area contributed by atoms with Crippen molar-refractivity contribution in [2.45, 2.75) is 37.8 Å². The van der Waals surface area contributed by atoms with Crippen LogP contribution >= 0.6 is 0 Å². The molecule has 0 aromatic carbocycles. The SMILES string of the molecule is COc1ccc2ncc(F)c(N3CCC4(CC3)C[C@@H](O)[C@@H](NC(=O)O)C4)c2n1. The van der Waals surface area contributed by atoms with E-state index in [-0.39, 0.29) is 5.41 Å². The Morgan fingerprint density at radius 3 is 2.79 bits per heavy atom. The molecule has 8 nitrogen and oxygen atoms in total. The number of nitrogens with zero attached hydrogens (tertiary/aromatic N) is 3. The third-order valence-electron chi connectivity index (χ3n) is 6.03. The molecule has 1 saturated carbocycles. The molecule has 0 unspecified atom stereocenters. The van der Waals surface area contributed by atoms with E-state index >= 15 is 0 Å². The minimum absolute atomic E-state index is 0.131. The summed E-state index contributed by atoms with van der Waals surface area (Å²) in [6.07, 6.45) is 2.04. The van der Waals surface area contributed by atoms with E-state index in [9.17, 15) is 14.3 Å². The summed E-state index contributed by atoms with van der Waals surface area (Å²) in [7, 11) is 1.51. The number of hydrogen-bond acceptors (Lipinski definition) is 6. The lowest BCUT2D eigenvalue weighted by molar-refractivity contribution is 0.126. The summed E-state index contributed by atoms with van der Waals surface area (Å²) in [5.74, 6) is -0.0304. The number of anilines is 1. The van der Waals surface area contributed by atoms with Crippen molar-refractivity contribution in [3.8, 4) is 5.88 Å². The van der Waals surface area contributed by atoms with Gasteiger partial charge < -0.3 is 25.2 Å². The highest BCUT2D eigenvalue weighted by atomic mass is 19.1. The average Bonchev–Trinajstić information content (AvgIpc) is 2.96. The summed E-state index contributed by atoms with van der Waals surface area (Å²) in [6.45, 7) is 1.20. The quantitative estimate of drug-likeness (QED) is 0.737. The molecule has 3 N–H and O–H groups in total. The Kier molecular flexibility index (Phi) is 4.70. The van der Waals surface area contributed by atoms with Crippen molar-refractivity contribution in [2.75, 3.05) is 25.1 Å². The van der Waals surface area contributed by atoms with Crippen LogP contribution in [0.15, 0.2) is 18.3 Å². The minimum Gasteiger partial charge on any atom is -0.481 e. The summed E-state index contributed by atoms with van der Waals surface area (Å²) < 4.78 is 19.8. The first-order valence-corrected chi connectivity index (χ1v) is 9.32. The second-order valence-corrected chi connectivity index (χ2v) is 7.69. The molecule has 2 fully saturated rings. The minimum atomic E-state index is -1.12. The lowest BCUT2D eigenvalue weighted by atomic mass is 9.76. The second kappa shape index (κ2) is 7.05. The maximum absolute atomic E-state index is 14.7. The maximum Gasteiger partial charge on any atom is 0.404 e. The summed E-state index contributed by atoms with van der Waals surface area (Å²) in [5.41, 5.74) is 1.34. The first-order valence-electron chi connectivity index (χ1n) is 9.32. The largest absolute Gasteiger partial charge is 0.481 e. The number of aliphatic hydroxyl groups excluding tert-OH is 1. The number of aliphatic hydroxyl groups is 1. The van der Waals surface area contributed by atoms with E-state index in [0.717, 1.165) is 12.8 Å². The molecule has 1 spiro atoms. The van der Waals surface area contributed by atoms with Gasteiger partial charge in [0, 0.05) is 19.2 Å². The number of methoxy groups -OCH3 is 1. The Bertz CT molecular complexity index is 901. The highest BCUT2D eigenvalue weighted by molar-refractivity contribution is 5.88. The molecule has 28 heavy (non-hydrogen) atoms. The Hall–Kier alpha value is -2.68. The van der Waals surface area contributed by atoms with Crippen LogP contribution in [0.5, 0.6) is 5.88 Å². The predicted molar refractivity (Wildman–Crippen MR) is 100 cm³/mol. The topological polar surface area (TPSA) is 108 Å². The molecule has 2 aliphatic rings. The van der Waals surface area contributed by atoms with Crippen molar-refractivity contribution in [1.82, 2.24) is 15.3 Å². The van der Waals surface area contributed by atoms with Gasteiger partial charge in [-0.1, -0.05) is 0 Å². The number of piperidine rings is 1. The zero-order valence-electron chi connectivity index (χ0n) is 15.6. The van der Waals surface area contributed by atoms with Crippen molar-refractivity contribution in [2.24, 2.45) is 5.41 Å². The van der Waals surface area contributed by atoms with E-state index in [2.05, 4.69) is 15.3 Å². The number of halogens is 1. The van der Waals surface area contributed by atoms with Gasteiger partial charge in [0.05, 0.1) is 31.0 Å². The molecule has 1 aliphatic heterocycles. The van der Waals surface area contributed by atoms with Crippen molar-refractivity contribution in [1.29, 1.82) is 0 Å². The van der Waals surface area contributed by atoms with Crippen LogP contribution in [0.25, 0.3) is 11.0 Å². The van der Waals surface area contributed by atoms with Gasteiger partial charge in [-0.25, -0.2) is 14.2 Å². The molecule has 2 aromatic rings. The summed E-state index contributed by atoms with van der Waals surface area (Å²) in [6, 6.07) is 3.00. The fourth-order valence-corrected chi connectivity index (χ4v) is 4.62. The number of carbonyl (C=O) groups is 1. The van der Waals surface area contributed by atoms with Gasteiger partial charge in [-0.3, -0.25) is 4.98 Å². The number of fused-ring (bicyclic) bond motifs is 1. The zero-order chi connectivity index (χ0) is 19.9. The van der Waals surface area contributed by atoms with Gasteiger partial charge in [0.25, 0.3) is 0 Å². The molecule has 9 heteroatoms. The van der Waals surface area contributed by atoms with E-state index in [4.69, 9.17) is 9.84 Å². The first kappa shape index (κ1) is 18.7. The molecular weight excluding hydrogens is 367 g/mol. The third kappa shape index (κ3) is 3.30. The molecule has 1 aliphatic carbocycles. The fraction of sp³-hybridized carbons (Fsp3) is 0.526. The van der Waals surface area contributed by atoms with Gasteiger partial charge in [0.2, 0.25) is 5.88 Å². The lowest BCUT2D eigenvalue weighted by Crippen LogP contribution is -2.41. The van der Waals surface area contributed by atoms with Gasteiger partial charge in [-0.05, 0) is 37.2 Å². The summed E-state index contributed by atoms with van der Waals surface area (Å²) in [4.78, 5) is 21.4. The molecule has 3 heterocycles. The van der Waals surface area contributed by atoms with Crippen LogP contribution in [0.4, 0.5) is 14.9 Å². The van der Waals surface area contributed by atoms with E-state index in [1.54, 1.807) is 12.1 Å². The number of ether oxygens (including phenoxy) is 1. The molecule has 2 atom stereocenters. The number of carboxylic acid groups (broad SMARTS) is 1. The smallest absolute Gasteiger partial charge is 0.404 e. The molecule has 4 rings (SSSR count). The van der Waals surface area contributed by atoms with Crippen LogP contribution in [0.1, 0.15) is 25.7 Å². The van der Waals surface area contributed by atoms with Crippen LogP contribution in [0, 0.1) is 11.2 Å². The van der Waals surface area contributed by atoms with Gasteiger partial charge in [0.15, 0.2) is 5.82 Å². The van der Waals surface area contributed by atoms with Gasteiger partial charge >= 0.3 is 6.09 Å². The zero-order valence-corrected chi connectivity index (χ0v) is 15.6. The van der Waals surface area contributed by atoms with Crippen LogP contribution in [-0.4, -0.2) is 58.6 Å². The van der Waals surface area contributed by atoms with Gasteiger partial charge in [-0.15, -0.1) is 0 Å². The third-order valence-corrected chi connectivity index (χ3v) is 6.03. The van der Waals surface area contributed by atoms with E-state index in [0.29, 0.717) is 48.5 Å². The lowest BCUT2D eigenvalue weighted by Gasteiger charge is -2.40. The van der Waals surface area contributed by atoms with Crippen molar-refractivity contribution in [3.05, 3.63) is 24.1 Å². The standard InChI is InChI=1S/C19H23FN4O4/c1-28-15-3-2-12-16(23-15)17(11(20)10-21-12)24-6-4-19(5-7-24)8-13(14(25)9-19)22-18(26)27/h2-3,10,13-14,22,25H,4-9H2,1H3,(H,26,27)/t13-,14+/m0/s1. The van der Waals surface area contributed by atoms with Gasteiger partial charge in [0.1, 0.15) is 11.2 Å². The number of nitrogens with one attached hydrogen (secondary N) is 1. The highest BCUT2D eigenvalue weighted by Crippen LogP contribution is 2.47. The molecule has 0 radical (unpaired) electrons. The van der Waals surface area contributed by atoms with Gasteiger partial charge in [-0.2, -0.15) is 0 Å². The summed E-state index contributed by atoms with van der Waals surface area (Å²) in [5, 5.41) is 21.6. The Labute approximate surface area is 161 Å². The molecule has 2 aromatic heterocycles. The molecule has 150 valence electrons. The van der Waals surface area contributed by atoms with E-state index < -0.39 is 24.1 Å². The molecule has 0 bridgehead atoms. The van der Waals surface area contributed by atoms with Crippen LogP contribution in [0.3, 0.4) is 0 Å². The number of rotatable bonds is 3. The number of hydrogen-bond donors (Lipinski definition) is 3. The van der Waals surface area contributed by atoms with Crippen LogP contribution in [0.2, 0.25) is 0 Å². The van der Waals surface area contributed by atoms with Crippen molar-refractivity contribution in [3.63, 3.8) is 0 Å². The molecular formula is C19H23FN4O4. The second-order valence-electron chi connectivity index (χ2n) is 7.69. The maximum atomic E-state index is 14.7. The van der Waals surface area contributed by atoms with Crippen LogP contribution in [-0.2, 0) is 0 Å². The number of amides is 1. The van der Waals surface area contributed by atoms with E-state index in [1.807, 2.05) is 4.90 Å². The summed E-state index contributed by atoms with van der Waals surface area (Å²) >= 11 is 0. The average molecular weight is 390 g/mol. The fourth-order valence-electron chi connectivity index (χ4n) is 4.62. The predicted octanol–water partition coefficient (Wildman–Crippen LogP) is 2.16. The van der Waals surface area contributed by atoms with Crippen molar-refractivity contribution < 1.29 is 24.1 Å². The number of pyridine rings is 2. The van der Waals surface area contributed by atoms with Crippen molar-refractivity contribution >= 4 is 22.8 Å².